The van der Waals surface area contributed by atoms with E-state index in [9.17, 15) is 4.79 Å². The van der Waals surface area contributed by atoms with Crippen LogP contribution in [0, 0.1) is 0 Å². The van der Waals surface area contributed by atoms with Gasteiger partial charge >= 0.3 is 0 Å². The molecule has 9 heteroatoms. The number of anilines is 1. The number of aromatic nitrogens is 2. The second-order valence-corrected chi connectivity index (χ2v) is 5.31. The van der Waals surface area contributed by atoms with Gasteiger partial charge in [0, 0.05) is 11.8 Å². The highest BCUT2D eigenvalue weighted by Crippen LogP contribution is 2.30. The molecule has 1 heterocycles. The maximum atomic E-state index is 11.9. The minimum absolute atomic E-state index is 0.122. The van der Waals surface area contributed by atoms with E-state index in [2.05, 4.69) is 15.5 Å². The van der Waals surface area contributed by atoms with Gasteiger partial charge in [0.2, 0.25) is 9.47 Å². The standard InChI is InChI=1S/C12H12ClN3O4S/c1-19-8-3-2-7(6-9(8)20-5-4-17)14-10(18)11-15-16-12(13)21-11/h2-3,6,17H,4-5H2,1H3,(H,14,18). The molecule has 0 fully saturated rings. The lowest BCUT2D eigenvalue weighted by molar-refractivity contribution is 0.102. The number of hydrogen-bond acceptors (Lipinski definition) is 7. The summed E-state index contributed by atoms with van der Waals surface area (Å²) in [4.78, 5) is 11.9. The Bertz CT molecular complexity index is 635. The SMILES string of the molecule is COc1ccc(NC(=O)c2nnc(Cl)s2)cc1OCCO. The summed E-state index contributed by atoms with van der Waals surface area (Å²) in [6.45, 7) is 0.00277. The maximum Gasteiger partial charge on any atom is 0.286 e. The third kappa shape index (κ3) is 4.03. The molecular formula is C12H12ClN3O4S. The van der Waals surface area contributed by atoms with Crippen molar-refractivity contribution in [3.63, 3.8) is 0 Å². The predicted molar refractivity (Wildman–Crippen MR) is 78.4 cm³/mol. The molecule has 0 spiro atoms. The zero-order chi connectivity index (χ0) is 15.2. The number of nitrogens with one attached hydrogen (secondary N) is 1. The Labute approximate surface area is 129 Å². The Morgan fingerprint density at radius 3 is 2.86 bits per heavy atom. The highest BCUT2D eigenvalue weighted by atomic mass is 35.5. The topological polar surface area (TPSA) is 93.6 Å². The molecule has 0 saturated heterocycles. The van der Waals surface area contributed by atoms with Gasteiger partial charge < -0.3 is 19.9 Å². The third-order valence-corrected chi connectivity index (χ3v) is 3.38. The lowest BCUT2D eigenvalue weighted by Gasteiger charge is -2.11. The number of halogens is 1. The molecule has 7 nitrogen and oxygen atoms in total. The van der Waals surface area contributed by atoms with Crippen LogP contribution in [0.4, 0.5) is 5.69 Å². The summed E-state index contributed by atoms with van der Waals surface area (Å²) in [6, 6.07) is 4.90. The molecule has 0 atom stereocenters. The Hall–Kier alpha value is -1.90. The summed E-state index contributed by atoms with van der Waals surface area (Å²) in [6.07, 6.45) is 0. The van der Waals surface area contributed by atoms with Crippen LogP contribution in [0.15, 0.2) is 18.2 Å². The molecule has 0 saturated carbocycles. The van der Waals surface area contributed by atoms with E-state index in [-0.39, 0.29) is 22.7 Å². The van der Waals surface area contributed by atoms with Crippen molar-refractivity contribution in [3.05, 3.63) is 27.7 Å². The van der Waals surface area contributed by atoms with E-state index in [4.69, 9.17) is 26.2 Å². The lowest BCUT2D eigenvalue weighted by atomic mass is 10.2. The van der Waals surface area contributed by atoms with Crippen molar-refractivity contribution >= 4 is 34.5 Å². The van der Waals surface area contributed by atoms with Crippen LogP contribution in [0.1, 0.15) is 9.80 Å². The fourth-order valence-corrected chi connectivity index (χ4v) is 2.23. The largest absolute Gasteiger partial charge is 0.493 e. The number of nitrogens with zero attached hydrogens (tertiary/aromatic N) is 2. The highest BCUT2D eigenvalue weighted by Gasteiger charge is 2.13. The van der Waals surface area contributed by atoms with Crippen LogP contribution < -0.4 is 14.8 Å². The summed E-state index contributed by atoms with van der Waals surface area (Å²) >= 11 is 6.62. The number of rotatable bonds is 6. The van der Waals surface area contributed by atoms with E-state index in [1.807, 2.05) is 0 Å². The van der Waals surface area contributed by atoms with Gasteiger partial charge in [-0.05, 0) is 23.7 Å². The molecule has 112 valence electrons. The van der Waals surface area contributed by atoms with Gasteiger partial charge in [0.05, 0.1) is 13.7 Å². The lowest BCUT2D eigenvalue weighted by Crippen LogP contribution is -2.12. The molecule has 0 radical (unpaired) electrons. The van der Waals surface area contributed by atoms with Gasteiger partial charge in [-0.15, -0.1) is 10.2 Å². The van der Waals surface area contributed by atoms with Crippen molar-refractivity contribution in [2.75, 3.05) is 25.6 Å². The molecule has 0 bridgehead atoms. The summed E-state index contributed by atoms with van der Waals surface area (Å²) in [5.74, 6) is 0.498. The minimum atomic E-state index is -0.419. The first-order chi connectivity index (χ1) is 10.1. The van der Waals surface area contributed by atoms with Crippen molar-refractivity contribution in [3.8, 4) is 11.5 Å². The van der Waals surface area contributed by atoms with Gasteiger partial charge in [-0.3, -0.25) is 4.79 Å². The molecule has 0 unspecified atom stereocenters. The van der Waals surface area contributed by atoms with Gasteiger partial charge in [0.1, 0.15) is 6.61 Å². The number of ether oxygens (including phenoxy) is 2. The number of aliphatic hydroxyl groups excluding tert-OH is 1. The molecule has 2 rings (SSSR count). The second kappa shape index (κ2) is 7.21. The number of hydrogen-bond donors (Lipinski definition) is 2. The fourth-order valence-electron chi connectivity index (χ4n) is 1.50. The Kier molecular flexibility index (Phi) is 5.32. The van der Waals surface area contributed by atoms with Gasteiger partial charge in [-0.2, -0.15) is 0 Å². The van der Waals surface area contributed by atoms with Crippen molar-refractivity contribution in [1.82, 2.24) is 10.2 Å². The molecular weight excluding hydrogens is 318 g/mol. The Morgan fingerprint density at radius 1 is 1.43 bits per heavy atom. The number of benzene rings is 1. The zero-order valence-corrected chi connectivity index (χ0v) is 12.6. The Morgan fingerprint density at radius 2 is 2.24 bits per heavy atom. The van der Waals surface area contributed by atoms with Crippen LogP contribution in [0.3, 0.4) is 0 Å². The first-order valence-corrected chi connectivity index (χ1v) is 7.05. The van der Waals surface area contributed by atoms with Crippen LogP contribution in [0.2, 0.25) is 4.47 Å². The van der Waals surface area contributed by atoms with Gasteiger partial charge in [0.15, 0.2) is 11.5 Å². The molecule has 0 aliphatic carbocycles. The van der Waals surface area contributed by atoms with Gasteiger partial charge in [-0.1, -0.05) is 11.3 Å². The van der Waals surface area contributed by atoms with E-state index >= 15 is 0 Å². The van der Waals surface area contributed by atoms with Crippen LogP contribution in [-0.2, 0) is 0 Å². The van der Waals surface area contributed by atoms with Crippen molar-refractivity contribution in [2.45, 2.75) is 0 Å². The first-order valence-electron chi connectivity index (χ1n) is 5.86. The number of amides is 1. The van der Waals surface area contributed by atoms with E-state index in [1.54, 1.807) is 18.2 Å². The fraction of sp³-hybridized carbons (Fsp3) is 0.250. The number of carbonyl (C=O) groups excluding carboxylic acids is 1. The minimum Gasteiger partial charge on any atom is -0.493 e. The van der Waals surface area contributed by atoms with E-state index in [0.29, 0.717) is 17.2 Å². The molecule has 1 amide bonds. The predicted octanol–water partition coefficient (Wildman–Crippen LogP) is 1.82. The molecule has 0 aliphatic rings. The molecule has 2 aromatic rings. The number of carbonyl (C=O) groups is 1. The Balaban J connectivity index is 2.14. The third-order valence-electron chi connectivity index (χ3n) is 2.36. The highest BCUT2D eigenvalue weighted by molar-refractivity contribution is 7.17. The van der Waals surface area contributed by atoms with E-state index in [0.717, 1.165) is 11.3 Å². The number of aliphatic hydroxyl groups is 1. The summed E-state index contributed by atoms with van der Waals surface area (Å²) in [5.41, 5.74) is 0.500. The summed E-state index contributed by atoms with van der Waals surface area (Å²) in [7, 11) is 1.50. The van der Waals surface area contributed by atoms with E-state index in [1.165, 1.54) is 7.11 Å². The van der Waals surface area contributed by atoms with E-state index < -0.39 is 5.91 Å². The maximum absolute atomic E-state index is 11.9. The number of methoxy groups -OCH3 is 1. The average Bonchev–Trinajstić information content (AvgIpc) is 2.92. The summed E-state index contributed by atoms with van der Waals surface area (Å²) in [5, 5.41) is 18.8. The van der Waals surface area contributed by atoms with Crippen LogP contribution in [0.5, 0.6) is 11.5 Å². The van der Waals surface area contributed by atoms with Crippen LogP contribution in [0.25, 0.3) is 0 Å². The van der Waals surface area contributed by atoms with Gasteiger partial charge in [0.25, 0.3) is 5.91 Å². The molecule has 0 aliphatic heterocycles. The second-order valence-electron chi connectivity index (χ2n) is 3.75. The molecule has 2 N–H and O–H groups in total. The average molecular weight is 330 g/mol. The molecule has 21 heavy (non-hydrogen) atoms. The van der Waals surface area contributed by atoms with Crippen LogP contribution >= 0.6 is 22.9 Å². The summed E-state index contributed by atoms with van der Waals surface area (Å²) < 4.78 is 10.7. The molecule has 1 aromatic carbocycles. The van der Waals surface area contributed by atoms with Crippen molar-refractivity contribution < 1.29 is 19.4 Å². The quantitative estimate of drug-likeness (QED) is 0.839. The van der Waals surface area contributed by atoms with Gasteiger partial charge in [-0.25, -0.2) is 0 Å². The molecule has 1 aromatic heterocycles. The monoisotopic (exact) mass is 329 g/mol. The first kappa shape index (κ1) is 15.5. The zero-order valence-electron chi connectivity index (χ0n) is 11.0. The normalized spacial score (nSPS) is 10.2. The van der Waals surface area contributed by atoms with Crippen molar-refractivity contribution in [2.24, 2.45) is 0 Å². The van der Waals surface area contributed by atoms with Crippen LogP contribution in [-0.4, -0.2) is 41.5 Å². The smallest absolute Gasteiger partial charge is 0.286 e. The van der Waals surface area contributed by atoms with Crippen molar-refractivity contribution in [1.29, 1.82) is 0 Å².